The smallest absolute Gasteiger partial charge is 0.254 e. The van der Waals surface area contributed by atoms with Gasteiger partial charge in [-0.3, -0.25) is 9.59 Å². The Morgan fingerprint density at radius 1 is 1.37 bits per heavy atom. The number of nitrogens with zero attached hydrogens (tertiary/aromatic N) is 3. The maximum absolute atomic E-state index is 12.9. The second-order valence-corrected chi connectivity index (χ2v) is 7.27. The van der Waals surface area contributed by atoms with Crippen molar-refractivity contribution < 1.29 is 19.1 Å². The van der Waals surface area contributed by atoms with Crippen molar-refractivity contribution in [2.45, 2.75) is 12.8 Å². The van der Waals surface area contributed by atoms with Crippen LogP contribution in [0, 0.1) is 5.92 Å². The number of hydrogen-bond acceptors (Lipinski definition) is 6. The average molecular weight is 431 g/mol. The average Bonchev–Trinajstić information content (AvgIpc) is 3.23. The van der Waals surface area contributed by atoms with Crippen molar-refractivity contribution in [3.8, 4) is 11.6 Å². The van der Waals surface area contributed by atoms with Crippen molar-refractivity contribution in [3.63, 3.8) is 0 Å². The van der Waals surface area contributed by atoms with E-state index in [2.05, 4.69) is 21.9 Å². The molecule has 9 heteroatoms. The predicted molar refractivity (Wildman–Crippen MR) is 113 cm³/mol. The van der Waals surface area contributed by atoms with Gasteiger partial charge < -0.3 is 19.7 Å². The molecule has 30 heavy (non-hydrogen) atoms. The highest BCUT2D eigenvalue weighted by Gasteiger charge is 2.28. The molecule has 0 saturated carbocycles. The molecule has 1 saturated heterocycles. The van der Waals surface area contributed by atoms with Gasteiger partial charge in [0.25, 0.3) is 5.91 Å². The van der Waals surface area contributed by atoms with E-state index >= 15 is 0 Å². The number of amides is 2. The third kappa shape index (κ3) is 4.88. The summed E-state index contributed by atoms with van der Waals surface area (Å²) in [5.74, 6) is 1.20. The molecule has 0 unspecified atom stereocenters. The summed E-state index contributed by atoms with van der Waals surface area (Å²) in [6.07, 6.45) is 4.18. The van der Waals surface area contributed by atoms with Crippen molar-refractivity contribution in [2.75, 3.05) is 32.6 Å². The summed E-state index contributed by atoms with van der Waals surface area (Å²) < 4.78 is 10.5. The molecule has 1 atom stereocenters. The van der Waals surface area contributed by atoms with Crippen LogP contribution in [0.25, 0.3) is 0 Å². The molecule has 0 radical (unpaired) electrons. The van der Waals surface area contributed by atoms with E-state index in [1.165, 1.54) is 26.5 Å². The molecular formula is C21H23ClN4O4. The van der Waals surface area contributed by atoms with E-state index in [1.54, 1.807) is 23.1 Å². The highest BCUT2D eigenvalue weighted by atomic mass is 35.5. The lowest BCUT2D eigenvalue weighted by molar-refractivity contribution is -0.111. The zero-order valence-electron chi connectivity index (χ0n) is 16.9. The standard InChI is InChI=1S/C21H23ClN4O4/c1-4-19(27)24-16-6-5-14(10-17(16)29-2)21(28)26-8-7-13(12-26)9-18-23-11-15(22)20(25-18)30-3/h4-6,10-11,13H,1,7-9,12H2,2-3H3,(H,24,27)/t13-/m0/s1. The second-order valence-electron chi connectivity index (χ2n) is 6.86. The first-order chi connectivity index (χ1) is 14.4. The number of nitrogens with one attached hydrogen (secondary N) is 1. The monoisotopic (exact) mass is 430 g/mol. The summed E-state index contributed by atoms with van der Waals surface area (Å²) in [6, 6.07) is 4.94. The fraction of sp³-hybridized carbons (Fsp3) is 0.333. The van der Waals surface area contributed by atoms with Gasteiger partial charge in [-0.05, 0) is 36.6 Å². The van der Waals surface area contributed by atoms with Gasteiger partial charge in [0.1, 0.15) is 16.6 Å². The Hall–Kier alpha value is -3.13. The minimum atomic E-state index is -0.351. The van der Waals surface area contributed by atoms with E-state index < -0.39 is 0 Å². The SMILES string of the molecule is C=CC(=O)Nc1ccc(C(=O)N2CC[C@@H](Cc3ncc(Cl)c(OC)n3)C2)cc1OC. The lowest BCUT2D eigenvalue weighted by atomic mass is 10.0. The zero-order chi connectivity index (χ0) is 21.7. The molecule has 0 aliphatic carbocycles. The van der Waals surface area contributed by atoms with Crippen LogP contribution in [-0.2, 0) is 11.2 Å². The largest absolute Gasteiger partial charge is 0.495 e. The van der Waals surface area contributed by atoms with Crippen LogP contribution in [0.2, 0.25) is 5.02 Å². The Bertz CT molecular complexity index is 966. The third-order valence-corrected chi connectivity index (χ3v) is 5.15. The van der Waals surface area contributed by atoms with Crippen LogP contribution in [-0.4, -0.2) is 54.0 Å². The Balaban J connectivity index is 1.66. The molecule has 1 fully saturated rings. The van der Waals surface area contributed by atoms with Crippen LogP contribution < -0.4 is 14.8 Å². The highest BCUT2D eigenvalue weighted by molar-refractivity contribution is 6.31. The predicted octanol–water partition coefficient (Wildman–Crippen LogP) is 2.98. The molecule has 158 valence electrons. The van der Waals surface area contributed by atoms with Gasteiger partial charge in [-0.1, -0.05) is 18.2 Å². The number of carbonyl (C=O) groups excluding carboxylic acids is 2. The van der Waals surface area contributed by atoms with Crippen molar-refractivity contribution >= 4 is 29.1 Å². The third-order valence-electron chi connectivity index (χ3n) is 4.89. The molecule has 1 aliphatic rings. The number of halogens is 1. The molecule has 1 aromatic heterocycles. The lowest BCUT2D eigenvalue weighted by Gasteiger charge is -2.18. The minimum Gasteiger partial charge on any atom is -0.495 e. The summed E-state index contributed by atoms with van der Waals surface area (Å²) in [5.41, 5.74) is 0.973. The topological polar surface area (TPSA) is 93.7 Å². The molecular weight excluding hydrogens is 408 g/mol. The molecule has 1 N–H and O–H groups in total. The maximum atomic E-state index is 12.9. The zero-order valence-corrected chi connectivity index (χ0v) is 17.6. The second kappa shape index (κ2) is 9.58. The number of aromatic nitrogens is 2. The number of methoxy groups -OCH3 is 2. The summed E-state index contributed by atoms with van der Waals surface area (Å²) in [5, 5.41) is 3.02. The van der Waals surface area contributed by atoms with Crippen molar-refractivity contribution in [1.29, 1.82) is 0 Å². The molecule has 2 heterocycles. The number of ether oxygens (including phenoxy) is 2. The molecule has 1 aromatic carbocycles. The summed E-state index contributed by atoms with van der Waals surface area (Å²) in [6.45, 7) is 4.67. The van der Waals surface area contributed by atoms with Crippen LogP contribution in [0.3, 0.4) is 0 Å². The number of benzene rings is 1. The van der Waals surface area contributed by atoms with Gasteiger partial charge in [0.05, 0.1) is 26.1 Å². The summed E-state index contributed by atoms with van der Waals surface area (Å²) in [7, 11) is 3.00. The highest BCUT2D eigenvalue weighted by Crippen LogP contribution is 2.28. The van der Waals surface area contributed by atoms with E-state index in [0.29, 0.717) is 53.2 Å². The van der Waals surface area contributed by atoms with Gasteiger partial charge in [-0.25, -0.2) is 4.98 Å². The number of likely N-dealkylation sites (tertiary alicyclic amines) is 1. The molecule has 2 aromatic rings. The fourth-order valence-corrected chi connectivity index (χ4v) is 3.53. The van der Waals surface area contributed by atoms with Crippen LogP contribution in [0.15, 0.2) is 37.1 Å². The normalized spacial score (nSPS) is 15.6. The van der Waals surface area contributed by atoms with Gasteiger partial charge in [0.2, 0.25) is 11.8 Å². The van der Waals surface area contributed by atoms with Crippen LogP contribution in [0.1, 0.15) is 22.6 Å². The quantitative estimate of drug-likeness (QED) is 0.679. The molecule has 0 bridgehead atoms. The molecule has 0 spiro atoms. The van der Waals surface area contributed by atoms with Gasteiger partial charge in [0, 0.05) is 25.1 Å². The van der Waals surface area contributed by atoms with Crippen molar-refractivity contribution in [1.82, 2.24) is 14.9 Å². The van der Waals surface area contributed by atoms with Gasteiger partial charge in [0.15, 0.2) is 0 Å². The molecule has 2 amide bonds. The minimum absolute atomic E-state index is 0.0907. The van der Waals surface area contributed by atoms with Crippen molar-refractivity contribution in [3.05, 3.63) is 53.5 Å². The number of hydrogen-bond donors (Lipinski definition) is 1. The van der Waals surface area contributed by atoms with Crippen LogP contribution >= 0.6 is 11.6 Å². The summed E-state index contributed by atoms with van der Waals surface area (Å²) >= 11 is 5.98. The molecule has 3 rings (SSSR count). The maximum Gasteiger partial charge on any atom is 0.254 e. The van der Waals surface area contributed by atoms with Crippen molar-refractivity contribution in [2.24, 2.45) is 5.92 Å². The molecule has 8 nitrogen and oxygen atoms in total. The first-order valence-electron chi connectivity index (χ1n) is 9.41. The van der Waals surface area contributed by atoms with Gasteiger partial charge >= 0.3 is 0 Å². The van der Waals surface area contributed by atoms with Crippen LogP contribution in [0.5, 0.6) is 11.6 Å². The van der Waals surface area contributed by atoms with Crippen LogP contribution in [0.4, 0.5) is 5.69 Å². The van der Waals surface area contributed by atoms with E-state index in [0.717, 1.165) is 6.42 Å². The Morgan fingerprint density at radius 2 is 2.17 bits per heavy atom. The number of rotatable bonds is 7. The van der Waals surface area contributed by atoms with Gasteiger partial charge in [-0.15, -0.1) is 0 Å². The lowest BCUT2D eigenvalue weighted by Crippen LogP contribution is -2.29. The van der Waals surface area contributed by atoms with E-state index in [9.17, 15) is 9.59 Å². The van der Waals surface area contributed by atoms with Gasteiger partial charge in [-0.2, -0.15) is 4.98 Å². The Labute approximate surface area is 179 Å². The fourth-order valence-electron chi connectivity index (χ4n) is 3.36. The first kappa shape index (κ1) is 21.6. The first-order valence-corrected chi connectivity index (χ1v) is 9.79. The Morgan fingerprint density at radius 3 is 2.87 bits per heavy atom. The number of carbonyl (C=O) groups is 2. The molecule has 1 aliphatic heterocycles. The van der Waals surface area contributed by atoms with E-state index in [4.69, 9.17) is 21.1 Å². The van der Waals surface area contributed by atoms with E-state index in [-0.39, 0.29) is 17.7 Å². The number of anilines is 1. The Kier molecular flexibility index (Phi) is 6.89. The van der Waals surface area contributed by atoms with E-state index in [1.807, 2.05) is 0 Å². The summed E-state index contributed by atoms with van der Waals surface area (Å²) in [4.78, 5) is 34.9.